The molecule has 0 radical (unpaired) electrons. The third-order valence-corrected chi connectivity index (χ3v) is 4.55. The summed E-state index contributed by atoms with van der Waals surface area (Å²) in [6.07, 6.45) is 5.11. The predicted molar refractivity (Wildman–Crippen MR) is 76.7 cm³/mol. The molecule has 1 saturated carbocycles. The molecule has 1 fully saturated rings. The molecule has 0 spiro atoms. The van der Waals surface area contributed by atoms with Gasteiger partial charge >= 0.3 is 11.9 Å². The fourth-order valence-corrected chi connectivity index (χ4v) is 3.29. The number of carboxylic acids is 1. The van der Waals surface area contributed by atoms with Gasteiger partial charge in [0.1, 0.15) is 0 Å². The number of carbonyl (C=O) groups is 2. The first kappa shape index (κ1) is 15.5. The molecule has 0 amide bonds. The Morgan fingerprint density at radius 1 is 1.43 bits per heavy atom. The van der Waals surface area contributed by atoms with Crippen molar-refractivity contribution in [3.8, 4) is 0 Å². The maximum atomic E-state index is 12.3. The fourth-order valence-electron chi connectivity index (χ4n) is 3.29. The van der Waals surface area contributed by atoms with Gasteiger partial charge in [-0.1, -0.05) is 18.9 Å². The molecule has 0 aromatic carbocycles. The van der Waals surface area contributed by atoms with Crippen molar-refractivity contribution in [3.63, 3.8) is 0 Å². The van der Waals surface area contributed by atoms with Gasteiger partial charge in [-0.15, -0.1) is 0 Å². The topological polar surface area (TPSA) is 76.5 Å². The first-order valence-electron chi connectivity index (χ1n) is 7.24. The number of methoxy groups -OCH3 is 1. The molecule has 1 N–H and O–H groups in total. The van der Waals surface area contributed by atoms with Crippen LogP contribution in [0.5, 0.6) is 0 Å². The van der Waals surface area contributed by atoms with E-state index in [1.807, 2.05) is 13.0 Å². The van der Waals surface area contributed by atoms with Crippen LogP contribution in [0.4, 0.5) is 0 Å². The molecule has 0 bridgehead atoms. The minimum absolute atomic E-state index is 0.0896. The van der Waals surface area contributed by atoms with E-state index in [1.165, 1.54) is 7.11 Å². The number of hydrogen-bond acceptors (Lipinski definition) is 4. The lowest BCUT2D eigenvalue weighted by Crippen LogP contribution is -2.47. The highest BCUT2D eigenvalue weighted by atomic mass is 16.5. The van der Waals surface area contributed by atoms with Crippen molar-refractivity contribution in [2.24, 2.45) is 11.3 Å². The van der Waals surface area contributed by atoms with Gasteiger partial charge in [-0.2, -0.15) is 0 Å². The lowest BCUT2D eigenvalue weighted by molar-refractivity contribution is -0.171. The summed E-state index contributed by atoms with van der Waals surface area (Å²) in [4.78, 5) is 28.6. The molecule has 1 aliphatic carbocycles. The van der Waals surface area contributed by atoms with Gasteiger partial charge in [0.2, 0.25) is 0 Å². The van der Waals surface area contributed by atoms with Crippen LogP contribution >= 0.6 is 0 Å². The van der Waals surface area contributed by atoms with E-state index in [0.717, 1.165) is 31.2 Å². The first-order valence-corrected chi connectivity index (χ1v) is 7.24. The number of rotatable bonds is 5. The number of aryl methyl sites for hydroxylation is 1. The fraction of sp³-hybridized carbons (Fsp3) is 0.562. The molecule has 114 valence electrons. The van der Waals surface area contributed by atoms with Crippen molar-refractivity contribution < 1.29 is 19.4 Å². The van der Waals surface area contributed by atoms with Gasteiger partial charge in [-0.3, -0.25) is 14.6 Å². The van der Waals surface area contributed by atoms with E-state index in [0.29, 0.717) is 5.69 Å². The quantitative estimate of drug-likeness (QED) is 0.665. The molecular formula is C16H21NO4. The average molecular weight is 291 g/mol. The predicted octanol–water partition coefficient (Wildman–Crippen LogP) is 2.37. The van der Waals surface area contributed by atoms with E-state index in [4.69, 9.17) is 4.74 Å². The minimum Gasteiger partial charge on any atom is -0.480 e. The molecule has 1 aromatic rings. The highest BCUT2D eigenvalue weighted by Gasteiger charge is 2.54. The molecule has 21 heavy (non-hydrogen) atoms. The summed E-state index contributed by atoms with van der Waals surface area (Å²) < 4.78 is 4.85. The van der Waals surface area contributed by atoms with E-state index in [1.54, 1.807) is 12.3 Å². The second kappa shape index (κ2) is 6.24. The summed E-state index contributed by atoms with van der Waals surface area (Å²) in [6, 6.07) is 3.68. The zero-order chi connectivity index (χ0) is 15.5. The summed E-state index contributed by atoms with van der Waals surface area (Å²) in [5, 5.41) is 9.81. The molecule has 0 saturated heterocycles. The molecular weight excluding hydrogens is 270 g/mol. The molecule has 1 aliphatic rings. The van der Waals surface area contributed by atoms with E-state index >= 15 is 0 Å². The van der Waals surface area contributed by atoms with Crippen LogP contribution in [0.2, 0.25) is 0 Å². The Kier molecular flexibility index (Phi) is 4.60. The summed E-state index contributed by atoms with van der Waals surface area (Å²) in [7, 11) is 1.25. The summed E-state index contributed by atoms with van der Waals surface area (Å²) in [5.41, 5.74) is 0.0203. The van der Waals surface area contributed by atoms with Crippen LogP contribution in [0.1, 0.15) is 36.9 Å². The third-order valence-electron chi connectivity index (χ3n) is 4.55. The van der Waals surface area contributed by atoms with Gasteiger partial charge in [0.25, 0.3) is 0 Å². The highest BCUT2D eigenvalue weighted by Crippen LogP contribution is 2.43. The van der Waals surface area contributed by atoms with Gasteiger partial charge in [0.05, 0.1) is 7.11 Å². The van der Waals surface area contributed by atoms with Crippen LogP contribution < -0.4 is 0 Å². The number of esters is 1. The Morgan fingerprint density at radius 3 is 2.62 bits per heavy atom. The van der Waals surface area contributed by atoms with Gasteiger partial charge in [-0.05, 0) is 37.3 Å². The number of aliphatic carboxylic acids is 1. The lowest BCUT2D eigenvalue weighted by atomic mass is 9.70. The van der Waals surface area contributed by atoms with Crippen molar-refractivity contribution in [2.75, 3.05) is 7.11 Å². The largest absolute Gasteiger partial charge is 0.480 e. The summed E-state index contributed by atoms with van der Waals surface area (Å²) in [5.74, 6) is -1.96. The van der Waals surface area contributed by atoms with Crippen molar-refractivity contribution in [2.45, 2.75) is 39.0 Å². The third kappa shape index (κ3) is 2.77. The van der Waals surface area contributed by atoms with E-state index in [2.05, 4.69) is 4.98 Å². The number of aromatic nitrogens is 1. The van der Waals surface area contributed by atoms with Gasteiger partial charge in [0, 0.05) is 18.3 Å². The molecule has 5 heteroatoms. The van der Waals surface area contributed by atoms with Gasteiger partial charge < -0.3 is 9.84 Å². The van der Waals surface area contributed by atoms with Crippen LogP contribution in [-0.4, -0.2) is 29.1 Å². The summed E-state index contributed by atoms with van der Waals surface area (Å²) in [6.45, 7) is 1.88. The average Bonchev–Trinajstić information content (AvgIpc) is 3.00. The molecule has 1 unspecified atom stereocenters. The Morgan fingerprint density at radius 2 is 2.10 bits per heavy atom. The number of pyridine rings is 1. The molecule has 2 rings (SSSR count). The number of carboxylic acid groups (broad SMARTS) is 1. The normalized spacial score (nSPS) is 18.2. The Labute approximate surface area is 124 Å². The van der Waals surface area contributed by atoms with Crippen LogP contribution in [0.15, 0.2) is 18.3 Å². The van der Waals surface area contributed by atoms with Crippen molar-refractivity contribution in [1.29, 1.82) is 0 Å². The standard InChI is InChI=1S/C16H21NO4/c1-11-6-5-9-17-13(11)10-16(14(18)19,15(20)21-2)12-7-3-4-8-12/h5-6,9,12H,3-4,7-8,10H2,1-2H3,(H,18,19). The monoisotopic (exact) mass is 291 g/mol. The number of ether oxygens (including phenoxy) is 1. The second-order valence-electron chi connectivity index (χ2n) is 5.69. The van der Waals surface area contributed by atoms with Gasteiger partial charge in [0.15, 0.2) is 5.41 Å². The minimum atomic E-state index is -1.52. The maximum absolute atomic E-state index is 12.3. The van der Waals surface area contributed by atoms with Crippen LogP contribution in [0.25, 0.3) is 0 Å². The van der Waals surface area contributed by atoms with E-state index < -0.39 is 17.4 Å². The molecule has 1 atom stereocenters. The zero-order valence-electron chi connectivity index (χ0n) is 12.5. The number of nitrogens with zero attached hydrogens (tertiary/aromatic N) is 1. The Balaban J connectivity index is 2.46. The van der Waals surface area contributed by atoms with Crippen molar-refractivity contribution in [3.05, 3.63) is 29.6 Å². The molecule has 1 aromatic heterocycles. The number of carbonyl (C=O) groups excluding carboxylic acids is 1. The Bertz CT molecular complexity index is 537. The van der Waals surface area contributed by atoms with Crippen molar-refractivity contribution >= 4 is 11.9 Å². The van der Waals surface area contributed by atoms with E-state index in [9.17, 15) is 14.7 Å². The van der Waals surface area contributed by atoms with Crippen LogP contribution in [-0.2, 0) is 20.7 Å². The van der Waals surface area contributed by atoms with E-state index in [-0.39, 0.29) is 12.3 Å². The van der Waals surface area contributed by atoms with Crippen LogP contribution in [0, 0.1) is 18.3 Å². The Hall–Kier alpha value is -1.91. The lowest BCUT2D eigenvalue weighted by Gasteiger charge is -2.32. The first-order chi connectivity index (χ1) is 10.0. The molecule has 5 nitrogen and oxygen atoms in total. The smallest absolute Gasteiger partial charge is 0.323 e. The highest BCUT2D eigenvalue weighted by molar-refractivity contribution is 5.99. The molecule has 0 aliphatic heterocycles. The maximum Gasteiger partial charge on any atom is 0.323 e. The van der Waals surface area contributed by atoms with Gasteiger partial charge in [-0.25, -0.2) is 0 Å². The molecule has 1 heterocycles. The van der Waals surface area contributed by atoms with Crippen molar-refractivity contribution in [1.82, 2.24) is 4.98 Å². The SMILES string of the molecule is COC(=O)C(Cc1ncccc1C)(C(=O)O)C1CCCC1. The second-order valence-corrected chi connectivity index (χ2v) is 5.69. The summed E-state index contributed by atoms with van der Waals surface area (Å²) >= 11 is 0. The van der Waals surface area contributed by atoms with Crippen LogP contribution in [0.3, 0.4) is 0 Å². The number of hydrogen-bond donors (Lipinski definition) is 1. The zero-order valence-corrected chi connectivity index (χ0v) is 12.5.